The van der Waals surface area contributed by atoms with Crippen molar-refractivity contribution in [3.8, 4) is 11.5 Å². The lowest BCUT2D eigenvalue weighted by atomic mass is 9.73. The van der Waals surface area contributed by atoms with Crippen molar-refractivity contribution in [3.05, 3.63) is 130 Å². The minimum Gasteiger partial charge on any atom is -0.457 e. The third-order valence-corrected chi connectivity index (χ3v) is 9.38. The molecular weight excluding hydrogens is 588 g/mol. The Kier molecular flexibility index (Phi) is 7.40. The maximum absolute atomic E-state index is 13.7. The van der Waals surface area contributed by atoms with Gasteiger partial charge in [0, 0.05) is 17.7 Å². The molecule has 4 aromatic carbocycles. The summed E-state index contributed by atoms with van der Waals surface area (Å²) in [5, 5.41) is 10.8. The van der Waals surface area contributed by atoms with E-state index in [4.69, 9.17) is 9.47 Å². The highest BCUT2D eigenvalue weighted by molar-refractivity contribution is 6.23. The molecule has 1 saturated heterocycles. The number of hydrogen-bond donors (Lipinski definition) is 0. The van der Waals surface area contributed by atoms with Gasteiger partial charge in [0.2, 0.25) is 11.8 Å². The average molecular weight is 617 g/mol. The number of esters is 1. The molecular formula is C36H28N2O8. The molecule has 0 N–H and O–H groups in total. The molecule has 1 heterocycles. The first-order valence-electron chi connectivity index (χ1n) is 15.0. The Balaban J connectivity index is 0.979. The van der Waals surface area contributed by atoms with Crippen LogP contribution in [0, 0.1) is 33.8 Å². The van der Waals surface area contributed by atoms with Crippen LogP contribution < -0.4 is 9.64 Å². The van der Waals surface area contributed by atoms with Crippen LogP contribution in [0.2, 0.25) is 0 Å². The number of ether oxygens (including phenoxy) is 2. The number of carbonyl (C=O) groups excluding carboxylic acids is 4. The molecule has 0 aromatic heterocycles. The summed E-state index contributed by atoms with van der Waals surface area (Å²) in [6.45, 7) is -0.512. The van der Waals surface area contributed by atoms with E-state index in [2.05, 4.69) is 12.1 Å². The predicted molar refractivity (Wildman–Crippen MR) is 166 cm³/mol. The second-order valence-electron chi connectivity index (χ2n) is 11.9. The van der Waals surface area contributed by atoms with E-state index in [1.165, 1.54) is 59.0 Å². The summed E-state index contributed by atoms with van der Waals surface area (Å²) in [5.74, 6) is -0.994. The molecule has 4 aromatic rings. The number of fused-ring (bicyclic) bond motifs is 5. The maximum Gasteiger partial charge on any atom is 0.338 e. The number of benzene rings is 4. The molecule has 5 atom stereocenters. The first kappa shape index (κ1) is 29.1. The Bertz CT molecular complexity index is 1860. The van der Waals surface area contributed by atoms with Crippen molar-refractivity contribution in [1.29, 1.82) is 0 Å². The van der Waals surface area contributed by atoms with Crippen molar-refractivity contribution >= 4 is 34.9 Å². The van der Waals surface area contributed by atoms with E-state index >= 15 is 0 Å². The van der Waals surface area contributed by atoms with Gasteiger partial charge in [-0.2, -0.15) is 0 Å². The van der Waals surface area contributed by atoms with E-state index in [1.54, 1.807) is 24.3 Å². The van der Waals surface area contributed by atoms with Crippen LogP contribution in [-0.2, 0) is 14.3 Å². The monoisotopic (exact) mass is 616 g/mol. The summed E-state index contributed by atoms with van der Waals surface area (Å²) in [7, 11) is 0. The summed E-state index contributed by atoms with van der Waals surface area (Å²) in [6, 6.07) is 28.1. The summed E-state index contributed by atoms with van der Waals surface area (Å²) < 4.78 is 11.0. The molecule has 0 spiro atoms. The van der Waals surface area contributed by atoms with Crippen molar-refractivity contribution in [2.45, 2.75) is 18.8 Å². The number of carbonyl (C=O) groups is 4. The fraction of sp³-hybridized carbons (Fsp3) is 0.222. The first-order valence-corrected chi connectivity index (χ1v) is 15.0. The largest absolute Gasteiger partial charge is 0.457 e. The smallest absolute Gasteiger partial charge is 0.338 e. The number of hydrogen-bond acceptors (Lipinski definition) is 8. The van der Waals surface area contributed by atoms with Gasteiger partial charge in [0.25, 0.3) is 5.69 Å². The van der Waals surface area contributed by atoms with Crippen molar-refractivity contribution in [3.63, 3.8) is 0 Å². The summed E-state index contributed by atoms with van der Waals surface area (Å²) in [6.07, 6.45) is 1.76. The standard InChI is InChI=1S/C36H28N2O8/c39-31(22-9-13-27(14-10-22)46-28-15-11-25(12-16-28)38(43)44)20-45-36(42)23-7-4-8-26(17-23)37-34(40)32-24-18-29(21-5-2-1-3-6-21)30(19-24)33(32)35(37)41/h1-17,24,29-30,32-33H,18-20H2/t24-,29-,30+,32+,33-/m0/s1. The Morgan fingerprint density at radius 3 is 2.15 bits per heavy atom. The average Bonchev–Trinajstić information content (AvgIpc) is 3.75. The van der Waals surface area contributed by atoms with Crippen molar-refractivity contribution in [2.75, 3.05) is 11.5 Å². The van der Waals surface area contributed by atoms with Crippen LogP contribution in [0.15, 0.2) is 103 Å². The summed E-state index contributed by atoms with van der Waals surface area (Å²) in [5.41, 5.74) is 1.89. The zero-order valence-electron chi connectivity index (χ0n) is 24.5. The van der Waals surface area contributed by atoms with E-state index in [1.807, 2.05) is 18.2 Å². The third-order valence-electron chi connectivity index (χ3n) is 9.38. The SMILES string of the molecule is O=C(COC(=O)c1cccc(N2C(=O)[C@@H]3[C@@H]4C[C@@H]([C@@H]3C2=O)[C@H](c2ccccc2)C4)c1)c1ccc(Oc2ccc([N+](=O)[O-])cc2)cc1. The maximum atomic E-state index is 13.7. The number of non-ortho nitro benzene ring substituents is 1. The predicted octanol–water partition coefficient (Wildman–Crippen LogP) is 6.36. The van der Waals surface area contributed by atoms with Crippen molar-refractivity contribution in [1.82, 2.24) is 0 Å². The van der Waals surface area contributed by atoms with E-state index < -0.39 is 23.3 Å². The second kappa shape index (κ2) is 11.7. The van der Waals surface area contributed by atoms with Crippen LogP contribution in [0.25, 0.3) is 0 Å². The number of rotatable bonds is 9. The van der Waals surface area contributed by atoms with E-state index in [0.717, 1.165) is 12.8 Å². The lowest BCUT2D eigenvalue weighted by molar-refractivity contribution is -0.384. The number of Topliss-reactive ketones (excluding diaryl/α,β-unsaturated/α-hetero) is 1. The number of ketones is 1. The Morgan fingerprint density at radius 1 is 0.783 bits per heavy atom. The van der Waals surface area contributed by atoms with Crippen molar-refractivity contribution < 1.29 is 33.6 Å². The number of imide groups is 1. The van der Waals surface area contributed by atoms with Gasteiger partial charge in [-0.1, -0.05) is 36.4 Å². The molecule has 2 saturated carbocycles. The van der Waals surface area contributed by atoms with Gasteiger partial charge in [-0.25, -0.2) is 4.79 Å². The minimum absolute atomic E-state index is 0.0566. The zero-order valence-corrected chi connectivity index (χ0v) is 24.5. The van der Waals surface area contributed by atoms with Gasteiger partial charge in [0.15, 0.2) is 12.4 Å². The van der Waals surface area contributed by atoms with E-state index in [0.29, 0.717) is 22.7 Å². The summed E-state index contributed by atoms with van der Waals surface area (Å²) in [4.78, 5) is 64.5. The van der Waals surface area contributed by atoms with Crippen LogP contribution in [0.3, 0.4) is 0 Å². The van der Waals surface area contributed by atoms with Crippen LogP contribution in [-0.4, -0.2) is 35.1 Å². The number of nitro groups is 1. The van der Waals surface area contributed by atoms with Gasteiger partial charge in [-0.15, -0.1) is 0 Å². The molecule has 2 bridgehead atoms. The van der Waals surface area contributed by atoms with Crippen LogP contribution in [0.5, 0.6) is 11.5 Å². The topological polar surface area (TPSA) is 133 Å². The highest BCUT2D eigenvalue weighted by Gasteiger charge is 2.64. The minimum atomic E-state index is -0.753. The number of nitrogens with zero attached hydrogens (tertiary/aromatic N) is 2. The molecule has 2 amide bonds. The first-order chi connectivity index (χ1) is 22.3. The Morgan fingerprint density at radius 2 is 1.46 bits per heavy atom. The molecule has 10 nitrogen and oxygen atoms in total. The summed E-state index contributed by atoms with van der Waals surface area (Å²) >= 11 is 0. The molecule has 0 radical (unpaired) electrons. The van der Waals surface area contributed by atoms with Gasteiger partial charge >= 0.3 is 5.97 Å². The molecule has 3 fully saturated rings. The van der Waals surface area contributed by atoms with Gasteiger partial charge < -0.3 is 9.47 Å². The van der Waals surface area contributed by atoms with E-state index in [9.17, 15) is 29.3 Å². The molecule has 2 aliphatic carbocycles. The normalized spacial score (nSPS) is 22.9. The van der Waals surface area contributed by atoms with Crippen LogP contribution in [0.1, 0.15) is 45.0 Å². The molecule has 10 heteroatoms. The van der Waals surface area contributed by atoms with Gasteiger partial charge in [-0.05, 0) is 90.8 Å². The number of nitro benzene ring substituents is 1. The fourth-order valence-electron chi connectivity index (χ4n) is 7.35. The van der Waals surface area contributed by atoms with Crippen LogP contribution >= 0.6 is 0 Å². The lowest BCUT2D eigenvalue weighted by Crippen LogP contribution is -2.33. The van der Waals surface area contributed by atoms with Crippen LogP contribution in [0.4, 0.5) is 11.4 Å². The Labute approximate surface area is 263 Å². The zero-order chi connectivity index (χ0) is 31.9. The molecule has 7 rings (SSSR count). The van der Waals surface area contributed by atoms with E-state index in [-0.39, 0.29) is 52.7 Å². The van der Waals surface area contributed by atoms with Crippen molar-refractivity contribution in [2.24, 2.45) is 23.7 Å². The molecule has 230 valence electrons. The lowest BCUT2D eigenvalue weighted by Gasteiger charge is -2.28. The third kappa shape index (κ3) is 5.21. The molecule has 1 aliphatic heterocycles. The molecule has 46 heavy (non-hydrogen) atoms. The second-order valence-corrected chi connectivity index (χ2v) is 11.9. The number of anilines is 1. The number of amides is 2. The highest BCUT2D eigenvalue weighted by Crippen LogP contribution is 2.61. The molecule has 3 aliphatic rings. The van der Waals surface area contributed by atoms with Gasteiger partial charge in [0.1, 0.15) is 11.5 Å². The highest BCUT2D eigenvalue weighted by atomic mass is 16.6. The fourth-order valence-corrected chi connectivity index (χ4v) is 7.35. The van der Waals surface area contributed by atoms with Gasteiger partial charge in [-0.3, -0.25) is 29.4 Å². The Hall–Kier alpha value is -5.64. The molecule has 0 unspecified atom stereocenters. The van der Waals surface area contributed by atoms with Gasteiger partial charge in [0.05, 0.1) is 28.0 Å². The quantitative estimate of drug-likeness (QED) is 0.0698.